The SMILES string of the molecule is CN/N=C(\C(=N)c1ccc(Cl)cn1)C(=O)N1CC(F)(F)C[C@@H](C)[C@H]1CNc1ncc(C(F)(F)F)cc1I. The van der Waals surface area contributed by atoms with Crippen LogP contribution in [0.25, 0.3) is 0 Å². The molecule has 1 fully saturated rings. The first-order valence-corrected chi connectivity index (χ1v) is 12.3. The van der Waals surface area contributed by atoms with Gasteiger partial charge in [0.05, 0.1) is 32.4 Å². The van der Waals surface area contributed by atoms with Crippen molar-refractivity contribution in [3.05, 3.63) is 50.4 Å². The standard InChI is InChI=1S/C22H22ClF5IN7O/c1-11-6-21(24,25)10-36(16(11)9-34-19-14(29)5-12(7-33-19)22(26,27)28)20(37)18(35-31-2)17(30)15-4-3-13(23)8-32-15/h3-5,7-8,11,16,30-31H,6,9-10H2,1-2H3,(H,33,34)/b30-17?,35-18+/t11-,16-/m1/s1. The Bertz CT molecular complexity index is 1190. The van der Waals surface area contributed by atoms with E-state index >= 15 is 0 Å². The van der Waals surface area contributed by atoms with E-state index in [-0.39, 0.29) is 21.6 Å². The number of carbonyl (C=O) groups is 1. The molecule has 1 saturated heterocycles. The molecule has 1 amide bonds. The molecule has 3 heterocycles. The molecule has 0 unspecified atom stereocenters. The molecule has 37 heavy (non-hydrogen) atoms. The highest BCUT2D eigenvalue weighted by Crippen LogP contribution is 2.35. The minimum atomic E-state index is -4.56. The number of pyridine rings is 2. The summed E-state index contributed by atoms with van der Waals surface area (Å²) in [4.78, 5) is 22.2. The molecule has 1 aliphatic rings. The van der Waals surface area contributed by atoms with Crippen molar-refractivity contribution >= 4 is 57.3 Å². The number of hydrazone groups is 1. The molecule has 0 spiro atoms. The fraction of sp³-hybridized carbons (Fsp3) is 0.409. The molecule has 3 N–H and O–H groups in total. The second-order valence-corrected chi connectivity index (χ2v) is 9.99. The fourth-order valence-corrected chi connectivity index (χ4v) is 4.68. The molecule has 0 aromatic carbocycles. The van der Waals surface area contributed by atoms with E-state index in [0.717, 1.165) is 11.0 Å². The smallest absolute Gasteiger partial charge is 0.367 e. The second kappa shape index (κ2) is 11.4. The number of anilines is 1. The van der Waals surface area contributed by atoms with Crippen LogP contribution in [-0.2, 0) is 11.0 Å². The molecule has 2 atom stereocenters. The largest absolute Gasteiger partial charge is 0.417 e. The van der Waals surface area contributed by atoms with Crippen molar-refractivity contribution in [2.45, 2.75) is 31.5 Å². The number of aromatic nitrogens is 2. The Morgan fingerprint density at radius 2 is 2.03 bits per heavy atom. The maximum absolute atomic E-state index is 14.6. The van der Waals surface area contributed by atoms with E-state index in [0.29, 0.717) is 11.2 Å². The van der Waals surface area contributed by atoms with Crippen molar-refractivity contribution in [3.63, 3.8) is 0 Å². The van der Waals surface area contributed by atoms with Gasteiger partial charge in [-0.2, -0.15) is 18.3 Å². The third kappa shape index (κ3) is 7.03. The lowest BCUT2D eigenvalue weighted by molar-refractivity contribution is -0.145. The third-order valence-electron chi connectivity index (χ3n) is 5.63. The zero-order chi connectivity index (χ0) is 27.5. The van der Waals surface area contributed by atoms with Crippen LogP contribution in [0, 0.1) is 14.9 Å². The van der Waals surface area contributed by atoms with Gasteiger partial charge in [-0.25, -0.2) is 13.8 Å². The molecular formula is C22H22ClF5IN7O. The molecule has 2 aromatic rings. The van der Waals surface area contributed by atoms with Gasteiger partial charge in [0.15, 0.2) is 5.71 Å². The summed E-state index contributed by atoms with van der Waals surface area (Å²) in [7, 11) is 1.39. The minimum Gasteiger partial charge on any atom is -0.367 e. The van der Waals surface area contributed by atoms with Gasteiger partial charge in [0.2, 0.25) is 0 Å². The van der Waals surface area contributed by atoms with Crippen molar-refractivity contribution in [1.82, 2.24) is 20.3 Å². The topological polar surface area (TPSA) is 106 Å². The number of nitrogens with zero attached hydrogens (tertiary/aromatic N) is 4. The van der Waals surface area contributed by atoms with Crippen LogP contribution in [0.1, 0.15) is 24.6 Å². The summed E-state index contributed by atoms with van der Waals surface area (Å²) >= 11 is 7.52. The second-order valence-electron chi connectivity index (χ2n) is 8.39. The lowest BCUT2D eigenvalue weighted by atomic mass is 9.87. The van der Waals surface area contributed by atoms with Crippen LogP contribution in [0.5, 0.6) is 0 Å². The fourth-order valence-electron chi connectivity index (χ4n) is 3.91. The Morgan fingerprint density at radius 3 is 2.59 bits per heavy atom. The number of amides is 1. The minimum absolute atomic E-state index is 0.0572. The molecule has 2 aromatic heterocycles. The third-order valence-corrected chi connectivity index (χ3v) is 6.68. The number of rotatable bonds is 7. The van der Waals surface area contributed by atoms with Crippen LogP contribution in [0.2, 0.25) is 5.02 Å². The molecule has 15 heteroatoms. The quantitative estimate of drug-likeness (QED) is 0.174. The molecule has 0 aliphatic carbocycles. The predicted molar refractivity (Wildman–Crippen MR) is 137 cm³/mol. The number of piperidine rings is 1. The van der Waals surface area contributed by atoms with Gasteiger partial charge < -0.3 is 15.6 Å². The summed E-state index contributed by atoms with van der Waals surface area (Å²) in [5, 5.41) is 15.5. The van der Waals surface area contributed by atoms with E-state index in [1.165, 1.54) is 25.4 Å². The number of carbonyl (C=O) groups excluding carboxylic acids is 1. The van der Waals surface area contributed by atoms with Crippen molar-refractivity contribution in [2.75, 3.05) is 25.5 Å². The van der Waals surface area contributed by atoms with Gasteiger partial charge in [0, 0.05) is 32.4 Å². The monoisotopic (exact) mass is 657 g/mol. The zero-order valence-electron chi connectivity index (χ0n) is 19.5. The summed E-state index contributed by atoms with van der Waals surface area (Å²) in [6.45, 7) is 0.548. The van der Waals surface area contributed by atoms with Gasteiger partial charge in [-0.05, 0) is 46.7 Å². The van der Waals surface area contributed by atoms with Gasteiger partial charge in [-0.15, -0.1) is 0 Å². The van der Waals surface area contributed by atoms with Crippen molar-refractivity contribution in [1.29, 1.82) is 5.41 Å². The molecule has 1 aliphatic heterocycles. The Balaban J connectivity index is 1.89. The van der Waals surface area contributed by atoms with Crippen molar-refractivity contribution in [2.24, 2.45) is 11.0 Å². The first-order chi connectivity index (χ1) is 17.2. The highest BCUT2D eigenvalue weighted by molar-refractivity contribution is 14.1. The molecular weight excluding hydrogens is 636 g/mol. The van der Waals surface area contributed by atoms with E-state index in [1.807, 2.05) is 0 Å². The van der Waals surface area contributed by atoms with Gasteiger partial charge in [0.25, 0.3) is 11.8 Å². The van der Waals surface area contributed by atoms with E-state index in [9.17, 15) is 26.7 Å². The number of likely N-dealkylation sites (tertiary alicyclic amines) is 1. The summed E-state index contributed by atoms with van der Waals surface area (Å²) in [5.41, 5.74) is 0.717. The molecule has 0 bridgehead atoms. The van der Waals surface area contributed by atoms with Crippen molar-refractivity contribution in [3.8, 4) is 0 Å². The van der Waals surface area contributed by atoms with Gasteiger partial charge >= 0.3 is 6.18 Å². The predicted octanol–water partition coefficient (Wildman–Crippen LogP) is 4.68. The number of hydrogen-bond donors (Lipinski definition) is 3. The van der Waals surface area contributed by atoms with E-state index in [1.54, 1.807) is 29.5 Å². The molecule has 0 saturated carbocycles. The van der Waals surface area contributed by atoms with Gasteiger partial charge in [0.1, 0.15) is 11.5 Å². The molecule has 200 valence electrons. The summed E-state index contributed by atoms with van der Waals surface area (Å²) in [6.07, 6.45) is -3.13. The Kier molecular flexibility index (Phi) is 8.93. The first-order valence-electron chi connectivity index (χ1n) is 10.8. The number of halogens is 7. The lowest BCUT2D eigenvalue weighted by Crippen LogP contribution is -2.59. The maximum Gasteiger partial charge on any atom is 0.417 e. The number of hydrogen-bond acceptors (Lipinski definition) is 7. The number of alkyl halides is 5. The average Bonchev–Trinajstić information content (AvgIpc) is 2.81. The van der Waals surface area contributed by atoms with Crippen LogP contribution >= 0.6 is 34.2 Å². The van der Waals surface area contributed by atoms with Crippen molar-refractivity contribution < 1.29 is 26.7 Å². The first kappa shape index (κ1) is 28.9. The van der Waals surface area contributed by atoms with E-state index in [2.05, 4.69) is 25.8 Å². The normalized spacial score (nSPS) is 19.9. The molecule has 0 radical (unpaired) electrons. The number of nitrogens with one attached hydrogen (secondary N) is 3. The van der Waals surface area contributed by atoms with Crippen LogP contribution in [0.3, 0.4) is 0 Å². The highest BCUT2D eigenvalue weighted by atomic mass is 127. The maximum atomic E-state index is 14.6. The van der Waals surface area contributed by atoms with Crippen LogP contribution in [0.4, 0.5) is 27.8 Å². The van der Waals surface area contributed by atoms with E-state index < -0.39 is 59.9 Å². The van der Waals surface area contributed by atoms with Crippen LogP contribution in [0.15, 0.2) is 35.7 Å². The molecule has 3 rings (SSSR count). The summed E-state index contributed by atoms with van der Waals surface area (Å²) < 4.78 is 68.2. The van der Waals surface area contributed by atoms with Gasteiger partial charge in [-0.3, -0.25) is 15.2 Å². The lowest BCUT2D eigenvalue weighted by Gasteiger charge is -2.43. The van der Waals surface area contributed by atoms with Gasteiger partial charge in [-0.1, -0.05) is 18.5 Å². The van der Waals surface area contributed by atoms with Crippen LogP contribution in [-0.4, -0.2) is 64.3 Å². The Hall–Kier alpha value is -2.62. The molecule has 8 nitrogen and oxygen atoms in total. The average molecular weight is 658 g/mol. The summed E-state index contributed by atoms with van der Waals surface area (Å²) in [6, 6.07) is 2.96. The van der Waals surface area contributed by atoms with Crippen LogP contribution < -0.4 is 10.7 Å². The highest BCUT2D eigenvalue weighted by Gasteiger charge is 2.47. The Labute approximate surface area is 227 Å². The summed E-state index contributed by atoms with van der Waals surface area (Å²) in [5.74, 6) is -4.71. The van der Waals surface area contributed by atoms with E-state index in [4.69, 9.17) is 17.0 Å². The Morgan fingerprint density at radius 1 is 1.32 bits per heavy atom. The zero-order valence-corrected chi connectivity index (χ0v) is 22.4.